The van der Waals surface area contributed by atoms with Crippen molar-refractivity contribution in [3.63, 3.8) is 0 Å². The van der Waals surface area contributed by atoms with Crippen molar-refractivity contribution < 1.29 is 9.59 Å². The van der Waals surface area contributed by atoms with E-state index in [1.807, 2.05) is 6.92 Å². The Balaban J connectivity index is 2.79. The highest BCUT2D eigenvalue weighted by Gasteiger charge is 2.15. The van der Waals surface area contributed by atoms with Crippen molar-refractivity contribution in [3.05, 3.63) is 15.6 Å². The van der Waals surface area contributed by atoms with Crippen LogP contribution in [0.15, 0.2) is 0 Å². The number of aromatic nitrogens is 1. The van der Waals surface area contributed by atoms with E-state index in [0.29, 0.717) is 11.3 Å². The molecule has 0 bridgehead atoms. The second kappa shape index (κ2) is 4.46. The molecule has 1 rings (SSSR count). The summed E-state index contributed by atoms with van der Waals surface area (Å²) in [7, 11) is 0. The summed E-state index contributed by atoms with van der Waals surface area (Å²) >= 11 is 1.36. The molecule has 0 aliphatic rings. The summed E-state index contributed by atoms with van der Waals surface area (Å²) in [6, 6.07) is 0. The second-order valence-electron chi connectivity index (χ2n) is 3.14. The van der Waals surface area contributed by atoms with Crippen LogP contribution in [0.2, 0.25) is 0 Å². The smallest absolute Gasteiger partial charge is 0.182 e. The number of hydrogen-bond donors (Lipinski definition) is 0. The molecule has 0 amide bonds. The van der Waals surface area contributed by atoms with Crippen LogP contribution in [0.3, 0.4) is 0 Å². The van der Waals surface area contributed by atoms with E-state index in [0.717, 1.165) is 10.7 Å². The van der Waals surface area contributed by atoms with E-state index >= 15 is 0 Å². The van der Waals surface area contributed by atoms with E-state index in [2.05, 4.69) is 4.98 Å². The first-order valence-electron chi connectivity index (χ1n) is 4.53. The molecule has 0 radical (unpaired) electrons. The van der Waals surface area contributed by atoms with Crippen molar-refractivity contribution in [1.82, 2.24) is 4.98 Å². The highest BCUT2D eigenvalue weighted by Crippen LogP contribution is 2.19. The quantitative estimate of drug-likeness (QED) is 0.567. The molecule has 0 saturated carbocycles. The molecular weight excluding hydrogens is 198 g/mol. The fraction of sp³-hybridized carbons (Fsp3) is 0.500. The van der Waals surface area contributed by atoms with Crippen LogP contribution in [-0.4, -0.2) is 16.6 Å². The van der Waals surface area contributed by atoms with E-state index < -0.39 is 0 Å². The van der Waals surface area contributed by atoms with Gasteiger partial charge in [-0.1, -0.05) is 6.92 Å². The van der Waals surface area contributed by atoms with Gasteiger partial charge in [-0.25, -0.2) is 4.98 Å². The molecule has 0 N–H and O–H groups in total. The van der Waals surface area contributed by atoms with Gasteiger partial charge in [0.2, 0.25) is 0 Å². The molecule has 76 valence electrons. The number of carbonyl (C=O) groups is 2. The van der Waals surface area contributed by atoms with Gasteiger partial charge in [0.05, 0.1) is 22.0 Å². The van der Waals surface area contributed by atoms with Crippen LogP contribution >= 0.6 is 11.3 Å². The predicted octanol–water partition coefficient (Wildman–Crippen LogP) is 2.31. The third-order valence-corrected chi connectivity index (χ3v) is 3.02. The zero-order valence-electron chi connectivity index (χ0n) is 8.59. The Hall–Kier alpha value is -1.03. The molecular formula is C10H13NO2S. The van der Waals surface area contributed by atoms with Gasteiger partial charge in [-0.05, 0) is 13.8 Å². The Bertz CT molecular complexity index is 368. The first kappa shape index (κ1) is 11.0. The van der Waals surface area contributed by atoms with E-state index in [4.69, 9.17) is 0 Å². The molecule has 0 saturated heterocycles. The molecule has 3 nitrogen and oxygen atoms in total. The molecule has 4 heteroatoms. The molecule has 0 fully saturated rings. The summed E-state index contributed by atoms with van der Waals surface area (Å²) < 4.78 is 0. The van der Waals surface area contributed by atoms with Crippen LogP contribution < -0.4 is 0 Å². The van der Waals surface area contributed by atoms with Crippen molar-refractivity contribution in [2.45, 2.75) is 33.6 Å². The molecule has 14 heavy (non-hydrogen) atoms. The SMILES string of the molecule is CCC(=O)CC(=O)c1sc(C)nc1C. The molecule has 1 heterocycles. The number of hydrogen-bond acceptors (Lipinski definition) is 4. The Labute approximate surface area is 87.2 Å². The van der Waals surface area contributed by atoms with Crippen molar-refractivity contribution in [3.8, 4) is 0 Å². The van der Waals surface area contributed by atoms with Gasteiger partial charge in [0.25, 0.3) is 0 Å². The topological polar surface area (TPSA) is 47.0 Å². The minimum atomic E-state index is -0.0973. The van der Waals surface area contributed by atoms with Gasteiger partial charge in [0, 0.05) is 6.42 Å². The average molecular weight is 211 g/mol. The summed E-state index contributed by atoms with van der Waals surface area (Å²) in [6.45, 7) is 5.42. The van der Waals surface area contributed by atoms with Crippen LogP contribution in [0.1, 0.15) is 40.1 Å². The van der Waals surface area contributed by atoms with Gasteiger partial charge in [-0.3, -0.25) is 9.59 Å². The van der Waals surface area contributed by atoms with Gasteiger partial charge in [-0.15, -0.1) is 11.3 Å². The maximum absolute atomic E-state index is 11.6. The molecule has 0 aromatic carbocycles. The van der Waals surface area contributed by atoms with E-state index in [-0.39, 0.29) is 18.0 Å². The molecule has 0 aliphatic heterocycles. The maximum Gasteiger partial charge on any atom is 0.182 e. The molecule has 0 atom stereocenters. The van der Waals surface area contributed by atoms with E-state index in [1.54, 1.807) is 13.8 Å². The fourth-order valence-electron chi connectivity index (χ4n) is 1.17. The molecule has 0 aliphatic carbocycles. The summed E-state index contributed by atoms with van der Waals surface area (Å²) in [6.07, 6.45) is 0.432. The van der Waals surface area contributed by atoms with Crippen LogP contribution in [0.5, 0.6) is 0 Å². The fourth-order valence-corrected chi connectivity index (χ4v) is 2.03. The number of ketones is 2. The lowest BCUT2D eigenvalue weighted by Crippen LogP contribution is -2.06. The third kappa shape index (κ3) is 2.48. The molecule has 0 unspecified atom stereocenters. The predicted molar refractivity (Wildman–Crippen MR) is 55.8 cm³/mol. The van der Waals surface area contributed by atoms with Gasteiger partial charge >= 0.3 is 0 Å². The summed E-state index contributed by atoms with van der Waals surface area (Å²) in [5, 5.41) is 0.870. The Morgan fingerprint density at radius 2 is 2.00 bits per heavy atom. The number of Topliss-reactive ketones (excluding diaryl/α,β-unsaturated/α-hetero) is 2. The van der Waals surface area contributed by atoms with Crippen LogP contribution in [0, 0.1) is 13.8 Å². The number of rotatable bonds is 4. The minimum absolute atomic E-state index is 0.0129. The zero-order chi connectivity index (χ0) is 10.7. The largest absolute Gasteiger partial charge is 0.299 e. The normalized spacial score (nSPS) is 10.2. The standard InChI is InChI=1S/C10H13NO2S/c1-4-8(12)5-9(13)10-6(2)11-7(3)14-10/h4-5H2,1-3H3. The molecule has 1 aromatic rings. The van der Waals surface area contributed by atoms with Gasteiger partial charge in [0.15, 0.2) is 5.78 Å². The number of aryl methyl sites for hydroxylation is 2. The zero-order valence-corrected chi connectivity index (χ0v) is 9.40. The molecule has 1 aromatic heterocycles. The summed E-state index contributed by atoms with van der Waals surface area (Å²) in [4.78, 5) is 27.5. The second-order valence-corrected chi connectivity index (χ2v) is 4.34. The highest BCUT2D eigenvalue weighted by molar-refractivity contribution is 7.13. The van der Waals surface area contributed by atoms with Gasteiger partial charge in [0.1, 0.15) is 5.78 Å². The average Bonchev–Trinajstić information content (AvgIpc) is 2.45. The number of carbonyl (C=O) groups excluding carboxylic acids is 2. The number of nitrogens with zero attached hydrogens (tertiary/aromatic N) is 1. The lowest BCUT2D eigenvalue weighted by molar-refractivity contribution is -0.117. The van der Waals surface area contributed by atoms with Gasteiger partial charge < -0.3 is 0 Å². The van der Waals surface area contributed by atoms with Crippen LogP contribution in [0.4, 0.5) is 0 Å². The summed E-state index contributed by atoms with van der Waals surface area (Å²) in [5.41, 5.74) is 0.737. The van der Waals surface area contributed by atoms with Crippen molar-refractivity contribution in [1.29, 1.82) is 0 Å². The van der Waals surface area contributed by atoms with Crippen molar-refractivity contribution >= 4 is 22.9 Å². The first-order valence-corrected chi connectivity index (χ1v) is 5.35. The van der Waals surface area contributed by atoms with Crippen molar-refractivity contribution in [2.75, 3.05) is 0 Å². The van der Waals surface area contributed by atoms with Crippen molar-refractivity contribution in [2.24, 2.45) is 0 Å². The van der Waals surface area contributed by atoms with E-state index in [9.17, 15) is 9.59 Å². The minimum Gasteiger partial charge on any atom is -0.299 e. The lowest BCUT2D eigenvalue weighted by Gasteiger charge is -1.95. The summed E-state index contributed by atoms with van der Waals surface area (Å²) in [5.74, 6) is -0.111. The monoisotopic (exact) mass is 211 g/mol. The Kier molecular flexibility index (Phi) is 3.52. The number of thiazole rings is 1. The highest BCUT2D eigenvalue weighted by atomic mass is 32.1. The van der Waals surface area contributed by atoms with Crippen LogP contribution in [0.25, 0.3) is 0 Å². The first-order chi connectivity index (χ1) is 6.54. The van der Waals surface area contributed by atoms with E-state index in [1.165, 1.54) is 11.3 Å². The Morgan fingerprint density at radius 3 is 2.43 bits per heavy atom. The Morgan fingerprint density at radius 1 is 1.36 bits per heavy atom. The van der Waals surface area contributed by atoms with Crippen LogP contribution in [-0.2, 0) is 4.79 Å². The maximum atomic E-state index is 11.6. The molecule has 0 spiro atoms. The van der Waals surface area contributed by atoms with Gasteiger partial charge in [-0.2, -0.15) is 0 Å². The third-order valence-electron chi connectivity index (χ3n) is 1.91. The lowest BCUT2D eigenvalue weighted by atomic mass is 10.1.